The van der Waals surface area contributed by atoms with Crippen LogP contribution in [0.3, 0.4) is 0 Å². The summed E-state index contributed by atoms with van der Waals surface area (Å²) >= 11 is 6.05. The molecule has 0 radical (unpaired) electrons. The number of carbonyl (C=O) groups excluding carboxylic acids is 2. The monoisotopic (exact) mass is 410 g/mol. The van der Waals surface area contributed by atoms with Crippen LogP contribution in [-0.2, 0) is 4.79 Å². The van der Waals surface area contributed by atoms with Crippen LogP contribution in [0.5, 0.6) is 11.5 Å². The van der Waals surface area contributed by atoms with Gasteiger partial charge < -0.3 is 9.47 Å². The van der Waals surface area contributed by atoms with E-state index in [1.54, 1.807) is 30.3 Å². The van der Waals surface area contributed by atoms with Gasteiger partial charge in [-0.2, -0.15) is 0 Å². The van der Waals surface area contributed by atoms with Crippen LogP contribution in [0.25, 0.3) is 10.8 Å². The Hall–Kier alpha value is -2.85. The van der Waals surface area contributed by atoms with Crippen molar-refractivity contribution in [3.8, 4) is 11.5 Å². The lowest BCUT2D eigenvalue weighted by Crippen LogP contribution is -2.22. The molecule has 1 atom stereocenters. The summed E-state index contributed by atoms with van der Waals surface area (Å²) < 4.78 is 10.7. The van der Waals surface area contributed by atoms with Crippen LogP contribution >= 0.6 is 11.6 Å². The topological polar surface area (TPSA) is 52.6 Å². The van der Waals surface area contributed by atoms with E-state index in [0.717, 1.165) is 10.8 Å². The Morgan fingerprint density at radius 2 is 1.48 bits per heavy atom. The third-order valence-electron chi connectivity index (χ3n) is 4.42. The minimum atomic E-state index is -0.698. The third kappa shape index (κ3) is 5.58. The smallest absolute Gasteiger partial charge is 0.343 e. The summed E-state index contributed by atoms with van der Waals surface area (Å²) in [6.45, 7) is 6.01. The molecule has 0 heterocycles. The first-order chi connectivity index (χ1) is 13.8. The van der Waals surface area contributed by atoms with E-state index in [0.29, 0.717) is 29.4 Å². The van der Waals surface area contributed by atoms with Crippen molar-refractivity contribution in [1.29, 1.82) is 0 Å². The number of esters is 2. The summed E-state index contributed by atoms with van der Waals surface area (Å²) in [6.07, 6.45) is 0.538. The fourth-order valence-corrected chi connectivity index (χ4v) is 3.32. The fraction of sp³-hybridized carbons (Fsp3) is 0.250. The molecule has 150 valence electrons. The van der Waals surface area contributed by atoms with Crippen molar-refractivity contribution in [3.05, 3.63) is 71.8 Å². The molecule has 0 spiro atoms. The van der Waals surface area contributed by atoms with E-state index in [1.165, 1.54) is 5.56 Å². The van der Waals surface area contributed by atoms with Crippen molar-refractivity contribution in [3.63, 3.8) is 0 Å². The SMILES string of the molecule is Cc1ccc2cc(OC(=O)c3ccc(OC(=O)C(Cl)CC(C)C)cc3)ccc2c1. The van der Waals surface area contributed by atoms with Gasteiger partial charge in [-0.05, 0) is 66.4 Å². The summed E-state index contributed by atoms with van der Waals surface area (Å²) in [5.41, 5.74) is 1.53. The molecule has 4 nitrogen and oxygen atoms in total. The van der Waals surface area contributed by atoms with Crippen molar-refractivity contribution >= 4 is 34.3 Å². The van der Waals surface area contributed by atoms with Gasteiger partial charge in [0.2, 0.25) is 0 Å². The van der Waals surface area contributed by atoms with Gasteiger partial charge in [0.05, 0.1) is 5.56 Å². The number of carbonyl (C=O) groups is 2. The molecule has 3 aromatic carbocycles. The highest BCUT2D eigenvalue weighted by Crippen LogP contribution is 2.23. The molecule has 0 saturated heterocycles. The molecule has 0 bridgehead atoms. The molecule has 0 fully saturated rings. The molecule has 0 aliphatic heterocycles. The van der Waals surface area contributed by atoms with Gasteiger partial charge in [-0.25, -0.2) is 4.79 Å². The molecule has 0 amide bonds. The van der Waals surface area contributed by atoms with Gasteiger partial charge in [-0.15, -0.1) is 11.6 Å². The number of aryl methyl sites for hydroxylation is 1. The first kappa shape index (κ1) is 20.9. The second kappa shape index (κ2) is 9.10. The Bertz CT molecular complexity index is 1020. The normalized spacial score (nSPS) is 12.0. The lowest BCUT2D eigenvalue weighted by atomic mass is 10.1. The molecule has 0 aliphatic carbocycles. The van der Waals surface area contributed by atoms with Crippen molar-refractivity contribution < 1.29 is 19.1 Å². The molecule has 3 aromatic rings. The van der Waals surface area contributed by atoms with Crippen LogP contribution < -0.4 is 9.47 Å². The van der Waals surface area contributed by atoms with Crippen molar-refractivity contribution in [2.75, 3.05) is 0 Å². The van der Waals surface area contributed by atoms with Gasteiger partial charge in [0.25, 0.3) is 0 Å². The molecule has 0 N–H and O–H groups in total. The Morgan fingerprint density at radius 1 is 0.862 bits per heavy atom. The summed E-state index contributed by atoms with van der Waals surface area (Å²) in [6, 6.07) is 17.8. The summed E-state index contributed by atoms with van der Waals surface area (Å²) in [5.74, 6) is 0.121. The maximum atomic E-state index is 12.4. The maximum absolute atomic E-state index is 12.4. The Kier molecular flexibility index (Phi) is 6.55. The van der Waals surface area contributed by atoms with E-state index in [-0.39, 0.29) is 0 Å². The minimum Gasteiger partial charge on any atom is -0.425 e. The number of rotatable bonds is 6. The Labute approximate surface area is 175 Å². The van der Waals surface area contributed by atoms with E-state index in [2.05, 4.69) is 6.07 Å². The van der Waals surface area contributed by atoms with Crippen molar-refractivity contribution in [2.45, 2.75) is 32.6 Å². The standard InChI is InChI=1S/C24H23ClO4/c1-15(2)12-22(25)24(27)28-20-9-6-17(7-10-20)23(26)29-21-11-8-18-13-16(3)4-5-19(18)14-21/h4-11,13-15,22H,12H2,1-3H3. The van der Waals surface area contributed by atoms with Crippen LogP contribution in [0.4, 0.5) is 0 Å². The first-order valence-corrected chi connectivity index (χ1v) is 9.94. The van der Waals surface area contributed by atoms with Gasteiger partial charge in [-0.1, -0.05) is 43.7 Å². The number of benzene rings is 3. The zero-order chi connectivity index (χ0) is 21.0. The highest BCUT2D eigenvalue weighted by molar-refractivity contribution is 6.30. The molecule has 0 saturated carbocycles. The largest absolute Gasteiger partial charge is 0.425 e. The Balaban J connectivity index is 1.64. The molecule has 5 heteroatoms. The van der Waals surface area contributed by atoms with Crippen LogP contribution in [0.15, 0.2) is 60.7 Å². The van der Waals surface area contributed by atoms with Crippen molar-refractivity contribution in [1.82, 2.24) is 0 Å². The summed E-state index contributed by atoms with van der Waals surface area (Å²) in [5, 5.41) is 1.39. The molecular weight excluding hydrogens is 388 g/mol. The number of halogens is 1. The number of hydrogen-bond donors (Lipinski definition) is 0. The quantitative estimate of drug-likeness (QED) is 0.287. The summed E-state index contributed by atoms with van der Waals surface area (Å²) in [4.78, 5) is 24.4. The molecule has 0 aromatic heterocycles. The van der Waals surface area contributed by atoms with E-state index in [9.17, 15) is 9.59 Å². The highest BCUT2D eigenvalue weighted by Gasteiger charge is 2.19. The molecular formula is C24H23ClO4. The lowest BCUT2D eigenvalue weighted by Gasteiger charge is -2.11. The predicted octanol–water partition coefficient (Wildman–Crippen LogP) is 5.93. The van der Waals surface area contributed by atoms with Gasteiger partial charge >= 0.3 is 11.9 Å². The first-order valence-electron chi connectivity index (χ1n) is 9.50. The molecule has 29 heavy (non-hydrogen) atoms. The van der Waals surface area contributed by atoms with Crippen LogP contribution in [0.1, 0.15) is 36.2 Å². The molecule has 1 unspecified atom stereocenters. The maximum Gasteiger partial charge on any atom is 0.343 e. The second-order valence-electron chi connectivity index (χ2n) is 7.44. The number of ether oxygens (including phenoxy) is 2. The molecule has 0 aliphatic rings. The lowest BCUT2D eigenvalue weighted by molar-refractivity contribution is -0.134. The highest BCUT2D eigenvalue weighted by atomic mass is 35.5. The van der Waals surface area contributed by atoms with Gasteiger partial charge in [0, 0.05) is 0 Å². The fourth-order valence-electron chi connectivity index (χ4n) is 2.92. The average Bonchev–Trinajstić information content (AvgIpc) is 2.68. The summed E-state index contributed by atoms with van der Waals surface area (Å²) in [7, 11) is 0. The van der Waals surface area contributed by atoms with Gasteiger partial charge in [0.15, 0.2) is 0 Å². The number of hydrogen-bond acceptors (Lipinski definition) is 4. The van der Waals surface area contributed by atoms with E-state index < -0.39 is 17.3 Å². The van der Waals surface area contributed by atoms with Crippen molar-refractivity contribution in [2.24, 2.45) is 5.92 Å². The third-order valence-corrected chi connectivity index (χ3v) is 4.78. The molecule has 3 rings (SSSR count). The van der Waals surface area contributed by atoms with E-state index >= 15 is 0 Å². The van der Waals surface area contributed by atoms with Gasteiger partial charge in [-0.3, -0.25) is 4.79 Å². The number of alkyl halides is 1. The average molecular weight is 411 g/mol. The second-order valence-corrected chi connectivity index (χ2v) is 7.97. The van der Waals surface area contributed by atoms with Crippen LogP contribution in [0, 0.1) is 12.8 Å². The zero-order valence-corrected chi connectivity index (χ0v) is 17.4. The minimum absolute atomic E-state index is 0.293. The zero-order valence-electron chi connectivity index (χ0n) is 16.6. The predicted molar refractivity (Wildman–Crippen MR) is 115 cm³/mol. The Morgan fingerprint density at radius 3 is 2.17 bits per heavy atom. The van der Waals surface area contributed by atoms with Crippen LogP contribution in [0.2, 0.25) is 0 Å². The van der Waals surface area contributed by atoms with E-state index in [4.69, 9.17) is 21.1 Å². The van der Waals surface area contributed by atoms with E-state index in [1.807, 2.05) is 45.0 Å². The van der Waals surface area contributed by atoms with Crippen LogP contribution in [-0.4, -0.2) is 17.3 Å². The van der Waals surface area contributed by atoms with Gasteiger partial charge in [0.1, 0.15) is 16.9 Å². The number of fused-ring (bicyclic) bond motifs is 1.